The van der Waals surface area contributed by atoms with E-state index >= 15 is 0 Å². The van der Waals surface area contributed by atoms with Crippen LogP contribution in [0.4, 0.5) is 5.69 Å². The molecule has 6 heteroatoms. The van der Waals surface area contributed by atoms with Gasteiger partial charge in [-0.2, -0.15) is 0 Å². The Balaban J connectivity index is 1.53. The number of rotatable bonds is 8. The van der Waals surface area contributed by atoms with Crippen LogP contribution in [0, 0.1) is 6.92 Å². The molecular formula is C24H30N4OS. The summed E-state index contributed by atoms with van der Waals surface area (Å²) in [7, 11) is 1.69. The van der Waals surface area contributed by atoms with Crippen LogP contribution in [0.3, 0.4) is 0 Å². The molecule has 1 aliphatic rings. The molecule has 1 saturated carbocycles. The molecule has 4 rings (SSSR count). The van der Waals surface area contributed by atoms with Crippen molar-refractivity contribution in [2.45, 2.75) is 62.5 Å². The fraction of sp³-hybridized carbons (Fsp3) is 0.417. The number of nitrogens with zero attached hydrogens (tertiary/aromatic N) is 3. The molecule has 1 heterocycles. The highest BCUT2D eigenvalue weighted by Crippen LogP contribution is 2.34. The molecular weight excluding hydrogens is 392 g/mol. The maximum absolute atomic E-state index is 5.34. The topological polar surface area (TPSA) is 52.0 Å². The molecule has 0 atom stereocenters. The highest BCUT2D eigenvalue weighted by molar-refractivity contribution is 7.98. The molecule has 1 N–H and O–H groups in total. The standard InChI is InChI=1S/C24H30N4OS/c1-18-9-6-7-10-19(18)17-30-24-27-26-23(28(24)21-12-4-3-5-13-21)16-25-20-11-8-14-22(15-20)29-2/h6-11,14-15,21,25H,3-5,12-13,16-17H2,1-2H3. The SMILES string of the molecule is COc1cccc(NCc2nnc(SCc3ccccc3C)n2C2CCCCC2)c1. The van der Waals surface area contributed by atoms with Crippen molar-refractivity contribution in [3.05, 3.63) is 65.5 Å². The van der Waals surface area contributed by atoms with Gasteiger partial charge in [0.05, 0.1) is 13.7 Å². The van der Waals surface area contributed by atoms with Gasteiger partial charge in [-0.3, -0.25) is 0 Å². The summed E-state index contributed by atoms with van der Waals surface area (Å²) in [5, 5.41) is 13.7. The van der Waals surface area contributed by atoms with Gasteiger partial charge in [-0.15, -0.1) is 10.2 Å². The molecule has 5 nitrogen and oxygen atoms in total. The average molecular weight is 423 g/mol. The molecule has 1 aromatic heterocycles. The highest BCUT2D eigenvalue weighted by atomic mass is 32.2. The smallest absolute Gasteiger partial charge is 0.191 e. The summed E-state index contributed by atoms with van der Waals surface area (Å²) < 4.78 is 7.74. The maximum atomic E-state index is 5.34. The van der Waals surface area contributed by atoms with Crippen LogP contribution in [0.5, 0.6) is 5.75 Å². The number of hydrogen-bond donors (Lipinski definition) is 1. The fourth-order valence-electron chi connectivity index (χ4n) is 4.06. The van der Waals surface area contributed by atoms with Gasteiger partial charge in [0.15, 0.2) is 11.0 Å². The third-order valence-corrected chi connectivity index (χ3v) is 6.81. The molecule has 2 aromatic carbocycles. The van der Waals surface area contributed by atoms with Gasteiger partial charge in [0.1, 0.15) is 5.75 Å². The molecule has 0 spiro atoms. The zero-order valence-corrected chi connectivity index (χ0v) is 18.6. The van der Waals surface area contributed by atoms with E-state index in [1.165, 1.54) is 43.2 Å². The van der Waals surface area contributed by atoms with Crippen LogP contribution < -0.4 is 10.1 Å². The summed E-state index contributed by atoms with van der Waals surface area (Å²) in [5.41, 5.74) is 3.71. The van der Waals surface area contributed by atoms with Crippen LogP contribution in [0.2, 0.25) is 0 Å². The van der Waals surface area contributed by atoms with E-state index in [-0.39, 0.29) is 0 Å². The van der Waals surface area contributed by atoms with Gasteiger partial charge < -0.3 is 14.6 Å². The first-order chi connectivity index (χ1) is 14.7. The highest BCUT2D eigenvalue weighted by Gasteiger charge is 2.23. The lowest BCUT2D eigenvalue weighted by atomic mass is 9.95. The number of benzene rings is 2. The predicted octanol–water partition coefficient (Wildman–Crippen LogP) is 6.00. The van der Waals surface area contributed by atoms with Gasteiger partial charge in [0.2, 0.25) is 0 Å². The second-order valence-electron chi connectivity index (χ2n) is 7.86. The van der Waals surface area contributed by atoms with Gasteiger partial charge in [-0.05, 0) is 43.0 Å². The lowest BCUT2D eigenvalue weighted by Crippen LogP contribution is -2.18. The molecule has 0 bridgehead atoms. The van der Waals surface area contributed by atoms with Gasteiger partial charge in [0.25, 0.3) is 0 Å². The molecule has 1 aliphatic carbocycles. The van der Waals surface area contributed by atoms with E-state index in [4.69, 9.17) is 4.74 Å². The lowest BCUT2D eigenvalue weighted by Gasteiger charge is -2.25. The number of thioether (sulfide) groups is 1. The summed E-state index contributed by atoms with van der Waals surface area (Å²) >= 11 is 1.80. The van der Waals surface area contributed by atoms with E-state index in [0.29, 0.717) is 12.6 Å². The predicted molar refractivity (Wildman–Crippen MR) is 123 cm³/mol. The van der Waals surface area contributed by atoms with Crippen LogP contribution in [-0.4, -0.2) is 21.9 Å². The van der Waals surface area contributed by atoms with Crippen molar-refractivity contribution in [2.75, 3.05) is 12.4 Å². The van der Waals surface area contributed by atoms with Gasteiger partial charge in [0, 0.05) is 23.5 Å². The largest absolute Gasteiger partial charge is 0.497 e. The molecule has 0 unspecified atom stereocenters. The molecule has 158 valence electrons. The summed E-state index contributed by atoms with van der Waals surface area (Å²) in [5.74, 6) is 2.78. The molecule has 30 heavy (non-hydrogen) atoms. The van der Waals surface area contributed by atoms with E-state index in [1.54, 1.807) is 18.9 Å². The van der Waals surface area contributed by atoms with Crippen LogP contribution in [0.1, 0.15) is 55.1 Å². The summed E-state index contributed by atoms with van der Waals surface area (Å²) in [6.07, 6.45) is 6.33. The van der Waals surface area contributed by atoms with Crippen molar-refractivity contribution in [1.82, 2.24) is 14.8 Å². The fourth-order valence-corrected chi connectivity index (χ4v) is 5.16. The van der Waals surface area contributed by atoms with Crippen molar-refractivity contribution in [1.29, 1.82) is 0 Å². The Kier molecular flexibility index (Phi) is 6.95. The molecule has 0 saturated heterocycles. The number of ether oxygens (including phenoxy) is 1. The van der Waals surface area contributed by atoms with Crippen LogP contribution in [0.15, 0.2) is 53.7 Å². The zero-order chi connectivity index (χ0) is 20.8. The number of aryl methyl sites for hydroxylation is 1. The first kappa shape index (κ1) is 20.8. The number of nitrogens with one attached hydrogen (secondary N) is 1. The monoisotopic (exact) mass is 422 g/mol. The molecule has 0 radical (unpaired) electrons. The second-order valence-corrected chi connectivity index (χ2v) is 8.80. The molecule has 0 aliphatic heterocycles. The Morgan fingerprint density at radius 2 is 1.90 bits per heavy atom. The minimum absolute atomic E-state index is 0.496. The van der Waals surface area contributed by atoms with E-state index in [1.807, 2.05) is 18.2 Å². The van der Waals surface area contributed by atoms with Crippen molar-refractivity contribution in [3.63, 3.8) is 0 Å². The Labute approximate surface area is 183 Å². The van der Waals surface area contributed by atoms with Gasteiger partial charge in [-0.25, -0.2) is 0 Å². The minimum Gasteiger partial charge on any atom is -0.497 e. The first-order valence-corrected chi connectivity index (χ1v) is 11.7. The van der Waals surface area contributed by atoms with E-state index in [0.717, 1.165) is 28.2 Å². The zero-order valence-electron chi connectivity index (χ0n) is 17.8. The van der Waals surface area contributed by atoms with Crippen LogP contribution in [-0.2, 0) is 12.3 Å². The Morgan fingerprint density at radius 1 is 1.07 bits per heavy atom. The summed E-state index contributed by atoms with van der Waals surface area (Å²) in [6, 6.07) is 17.1. The minimum atomic E-state index is 0.496. The Morgan fingerprint density at radius 3 is 2.70 bits per heavy atom. The Bertz CT molecular complexity index is 965. The van der Waals surface area contributed by atoms with E-state index in [9.17, 15) is 0 Å². The lowest BCUT2D eigenvalue weighted by molar-refractivity contribution is 0.330. The summed E-state index contributed by atoms with van der Waals surface area (Å²) in [4.78, 5) is 0. The van der Waals surface area contributed by atoms with Crippen molar-refractivity contribution in [2.24, 2.45) is 0 Å². The number of methoxy groups -OCH3 is 1. The van der Waals surface area contributed by atoms with Crippen LogP contribution in [0.25, 0.3) is 0 Å². The first-order valence-electron chi connectivity index (χ1n) is 10.7. The third-order valence-electron chi connectivity index (χ3n) is 5.81. The summed E-state index contributed by atoms with van der Waals surface area (Å²) in [6.45, 7) is 2.83. The average Bonchev–Trinajstić information content (AvgIpc) is 3.20. The number of anilines is 1. The van der Waals surface area contributed by atoms with Crippen molar-refractivity contribution in [3.8, 4) is 5.75 Å². The molecule has 0 amide bonds. The molecule has 3 aromatic rings. The number of aromatic nitrogens is 3. The van der Waals surface area contributed by atoms with Crippen molar-refractivity contribution >= 4 is 17.4 Å². The van der Waals surface area contributed by atoms with Gasteiger partial charge >= 0.3 is 0 Å². The number of hydrogen-bond acceptors (Lipinski definition) is 5. The Hall–Kier alpha value is -2.47. The maximum Gasteiger partial charge on any atom is 0.191 e. The molecule has 1 fully saturated rings. The van der Waals surface area contributed by atoms with Crippen molar-refractivity contribution < 1.29 is 4.74 Å². The third kappa shape index (κ3) is 4.98. The normalized spacial score (nSPS) is 14.6. The van der Waals surface area contributed by atoms with E-state index in [2.05, 4.69) is 57.3 Å². The van der Waals surface area contributed by atoms with Gasteiger partial charge in [-0.1, -0.05) is 61.4 Å². The van der Waals surface area contributed by atoms with E-state index < -0.39 is 0 Å². The quantitative estimate of drug-likeness (QED) is 0.451. The van der Waals surface area contributed by atoms with Crippen LogP contribution >= 0.6 is 11.8 Å². The second kappa shape index (κ2) is 10.0.